The summed E-state index contributed by atoms with van der Waals surface area (Å²) in [6.45, 7) is 0. The molecule has 4 rings (SSSR count). The molecule has 0 unspecified atom stereocenters. The van der Waals surface area contributed by atoms with Gasteiger partial charge in [-0.25, -0.2) is 8.78 Å². The first-order chi connectivity index (χ1) is 10.6. The second-order valence-electron chi connectivity index (χ2n) is 6.34. The molecule has 2 saturated carbocycles. The Bertz CT molecular complexity index is 695. The predicted molar refractivity (Wildman–Crippen MR) is 80.2 cm³/mol. The highest BCUT2D eigenvalue weighted by Gasteiger charge is 2.32. The van der Waals surface area contributed by atoms with Crippen LogP contribution in [-0.4, -0.2) is 5.78 Å². The van der Waals surface area contributed by atoms with E-state index in [4.69, 9.17) is 0 Å². The third-order valence-electron chi connectivity index (χ3n) is 4.55. The van der Waals surface area contributed by atoms with Gasteiger partial charge in [0.25, 0.3) is 0 Å². The first-order valence-electron chi connectivity index (χ1n) is 7.77. The van der Waals surface area contributed by atoms with Crippen molar-refractivity contribution in [2.24, 2.45) is 0 Å². The standard InChI is InChI=1S/C19H16F2O/c20-13-5-7-15(17(9-13)11-1-2-11)19(22)16-8-6-14(21)10-18(16)12-3-4-12/h5-12H,1-4H2. The maximum atomic E-state index is 13.5. The number of carbonyl (C=O) groups excluding carboxylic acids is 1. The van der Waals surface area contributed by atoms with Crippen molar-refractivity contribution in [1.29, 1.82) is 0 Å². The van der Waals surface area contributed by atoms with Crippen LogP contribution in [0, 0.1) is 11.6 Å². The first-order valence-corrected chi connectivity index (χ1v) is 7.77. The van der Waals surface area contributed by atoms with E-state index < -0.39 is 0 Å². The van der Waals surface area contributed by atoms with Gasteiger partial charge in [0.2, 0.25) is 0 Å². The van der Waals surface area contributed by atoms with Crippen molar-refractivity contribution >= 4 is 5.78 Å². The molecule has 0 aliphatic heterocycles. The van der Waals surface area contributed by atoms with E-state index in [1.54, 1.807) is 12.1 Å². The molecule has 0 spiro atoms. The summed E-state index contributed by atoms with van der Waals surface area (Å²) < 4.78 is 27.0. The van der Waals surface area contributed by atoms with Gasteiger partial charge in [-0.05, 0) is 85.0 Å². The molecule has 2 aliphatic rings. The van der Waals surface area contributed by atoms with Crippen LogP contribution < -0.4 is 0 Å². The van der Waals surface area contributed by atoms with Crippen molar-refractivity contribution in [3.05, 3.63) is 70.3 Å². The number of hydrogen-bond acceptors (Lipinski definition) is 1. The van der Waals surface area contributed by atoms with Gasteiger partial charge in [-0.2, -0.15) is 0 Å². The van der Waals surface area contributed by atoms with E-state index in [9.17, 15) is 13.6 Å². The normalized spacial score (nSPS) is 17.5. The monoisotopic (exact) mass is 298 g/mol. The summed E-state index contributed by atoms with van der Waals surface area (Å²) in [5.74, 6) is -0.136. The molecule has 0 bridgehead atoms. The molecule has 3 heteroatoms. The van der Waals surface area contributed by atoms with Gasteiger partial charge in [0.15, 0.2) is 5.78 Å². The average Bonchev–Trinajstić information content (AvgIpc) is 3.40. The Hall–Kier alpha value is -2.03. The molecule has 112 valence electrons. The summed E-state index contributed by atoms with van der Waals surface area (Å²) in [5, 5.41) is 0. The van der Waals surface area contributed by atoms with Gasteiger partial charge in [0.05, 0.1) is 0 Å². The van der Waals surface area contributed by atoms with E-state index in [2.05, 4.69) is 0 Å². The Kier molecular flexibility index (Phi) is 3.10. The van der Waals surface area contributed by atoms with E-state index >= 15 is 0 Å². The molecule has 1 nitrogen and oxygen atoms in total. The zero-order valence-electron chi connectivity index (χ0n) is 12.1. The highest BCUT2D eigenvalue weighted by atomic mass is 19.1. The summed E-state index contributed by atoms with van der Waals surface area (Å²) in [4.78, 5) is 12.9. The quantitative estimate of drug-likeness (QED) is 0.730. The summed E-state index contributed by atoms with van der Waals surface area (Å²) in [6, 6.07) is 8.77. The molecule has 2 aromatic carbocycles. The van der Waals surface area contributed by atoms with Gasteiger partial charge in [0, 0.05) is 11.1 Å². The smallest absolute Gasteiger partial charge is 0.193 e. The highest BCUT2D eigenvalue weighted by molar-refractivity contribution is 6.11. The Balaban J connectivity index is 1.79. The number of benzene rings is 2. The van der Waals surface area contributed by atoms with Gasteiger partial charge >= 0.3 is 0 Å². The lowest BCUT2D eigenvalue weighted by molar-refractivity contribution is 0.103. The fourth-order valence-electron chi connectivity index (χ4n) is 3.09. The van der Waals surface area contributed by atoms with Crippen molar-refractivity contribution in [3.63, 3.8) is 0 Å². The molecule has 0 atom stereocenters. The summed E-state index contributed by atoms with van der Waals surface area (Å²) in [5.41, 5.74) is 2.74. The topological polar surface area (TPSA) is 17.1 Å². The summed E-state index contributed by atoms with van der Waals surface area (Å²) >= 11 is 0. The van der Waals surface area contributed by atoms with Crippen LogP contribution in [0.15, 0.2) is 36.4 Å². The average molecular weight is 298 g/mol. The van der Waals surface area contributed by atoms with E-state index in [-0.39, 0.29) is 17.4 Å². The number of halogens is 2. The lowest BCUT2D eigenvalue weighted by Gasteiger charge is -2.12. The molecule has 0 N–H and O–H groups in total. The molecule has 0 amide bonds. The minimum Gasteiger partial charge on any atom is -0.289 e. The first kappa shape index (κ1) is 13.6. The van der Waals surface area contributed by atoms with Crippen molar-refractivity contribution in [1.82, 2.24) is 0 Å². The molecule has 0 saturated heterocycles. The number of rotatable bonds is 4. The van der Waals surface area contributed by atoms with Crippen LogP contribution in [-0.2, 0) is 0 Å². The third-order valence-corrected chi connectivity index (χ3v) is 4.55. The lowest BCUT2D eigenvalue weighted by atomic mass is 9.91. The Morgan fingerprint density at radius 3 is 1.55 bits per heavy atom. The van der Waals surface area contributed by atoms with Crippen molar-refractivity contribution in [3.8, 4) is 0 Å². The second-order valence-corrected chi connectivity index (χ2v) is 6.34. The Labute approximate surface area is 128 Å². The maximum Gasteiger partial charge on any atom is 0.193 e. The fraction of sp³-hybridized carbons (Fsp3) is 0.316. The van der Waals surface area contributed by atoms with Gasteiger partial charge in [0.1, 0.15) is 11.6 Å². The zero-order chi connectivity index (χ0) is 15.3. The SMILES string of the molecule is O=C(c1ccc(F)cc1C1CC1)c1ccc(F)cc1C1CC1. The molecule has 2 aliphatic carbocycles. The number of hydrogen-bond donors (Lipinski definition) is 0. The van der Waals surface area contributed by atoms with Crippen LogP contribution in [0.5, 0.6) is 0 Å². The van der Waals surface area contributed by atoms with Crippen LogP contribution in [0.4, 0.5) is 8.78 Å². The lowest BCUT2D eigenvalue weighted by Crippen LogP contribution is -2.08. The van der Waals surface area contributed by atoms with Crippen LogP contribution >= 0.6 is 0 Å². The van der Waals surface area contributed by atoms with Gasteiger partial charge < -0.3 is 0 Å². The number of ketones is 1. The molecule has 0 aromatic heterocycles. The minimum atomic E-state index is -0.306. The van der Waals surface area contributed by atoms with Crippen molar-refractivity contribution < 1.29 is 13.6 Å². The molecular formula is C19H16F2O. The van der Waals surface area contributed by atoms with Crippen molar-refractivity contribution in [2.75, 3.05) is 0 Å². The van der Waals surface area contributed by atoms with E-state index in [0.717, 1.165) is 36.8 Å². The van der Waals surface area contributed by atoms with Crippen molar-refractivity contribution in [2.45, 2.75) is 37.5 Å². The minimum absolute atomic E-state index is 0.108. The van der Waals surface area contributed by atoms with Crippen LogP contribution in [0.25, 0.3) is 0 Å². The summed E-state index contributed by atoms with van der Waals surface area (Å²) in [6.07, 6.45) is 4.01. The molecule has 2 aromatic rings. The number of carbonyl (C=O) groups is 1. The zero-order valence-corrected chi connectivity index (χ0v) is 12.1. The Morgan fingerprint density at radius 1 is 0.773 bits per heavy atom. The molecule has 0 radical (unpaired) electrons. The Morgan fingerprint density at radius 2 is 1.18 bits per heavy atom. The van der Waals surface area contributed by atoms with E-state index in [0.29, 0.717) is 23.0 Å². The fourth-order valence-corrected chi connectivity index (χ4v) is 3.09. The van der Waals surface area contributed by atoms with Gasteiger partial charge in [-0.3, -0.25) is 4.79 Å². The molecule has 2 fully saturated rings. The van der Waals surface area contributed by atoms with E-state index in [1.807, 2.05) is 0 Å². The largest absolute Gasteiger partial charge is 0.289 e. The highest BCUT2D eigenvalue weighted by Crippen LogP contribution is 2.44. The van der Waals surface area contributed by atoms with Gasteiger partial charge in [-0.1, -0.05) is 0 Å². The third kappa shape index (κ3) is 2.45. The predicted octanol–water partition coefficient (Wildman–Crippen LogP) is 4.95. The van der Waals surface area contributed by atoms with E-state index in [1.165, 1.54) is 24.3 Å². The second kappa shape index (κ2) is 5.01. The maximum absolute atomic E-state index is 13.5. The molecule has 22 heavy (non-hydrogen) atoms. The summed E-state index contributed by atoms with van der Waals surface area (Å²) in [7, 11) is 0. The van der Waals surface area contributed by atoms with Crippen LogP contribution in [0.1, 0.15) is 64.6 Å². The van der Waals surface area contributed by atoms with Gasteiger partial charge in [-0.15, -0.1) is 0 Å². The van der Waals surface area contributed by atoms with Crippen LogP contribution in [0.3, 0.4) is 0 Å². The molecule has 0 heterocycles. The van der Waals surface area contributed by atoms with Crippen LogP contribution in [0.2, 0.25) is 0 Å². The molecular weight excluding hydrogens is 282 g/mol.